The van der Waals surface area contributed by atoms with Gasteiger partial charge in [-0.25, -0.2) is 8.78 Å². The van der Waals surface area contributed by atoms with Crippen LogP contribution in [0.4, 0.5) is 8.78 Å². The Bertz CT molecular complexity index is 933. The molecule has 1 N–H and O–H groups in total. The monoisotopic (exact) mass is 356 g/mol. The minimum Gasteiger partial charge on any atom is -0.496 e. The number of pyridine rings is 1. The highest BCUT2D eigenvalue weighted by Crippen LogP contribution is 2.39. The van der Waals surface area contributed by atoms with Crippen LogP contribution < -0.4 is 15.1 Å². The molecule has 0 radical (unpaired) electrons. The van der Waals surface area contributed by atoms with E-state index in [1.165, 1.54) is 31.6 Å². The molecule has 7 heteroatoms. The Balaban J connectivity index is 1.94. The zero-order chi connectivity index (χ0) is 18.5. The summed E-state index contributed by atoms with van der Waals surface area (Å²) in [6.45, 7) is 0. The van der Waals surface area contributed by atoms with Crippen LogP contribution in [0.15, 0.2) is 60.9 Å². The number of nitrogens with zero attached hydrogens (tertiary/aromatic N) is 1. The van der Waals surface area contributed by atoms with Crippen LogP contribution in [0.2, 0.25) is 0 Å². The van der Waals surface area contributed by atoms with E-state index in [4.69, 9.17) is 9.57 Å². The lowest BCUT2D eigenvalue weighted by molar-refractivity contribution is 0.0760. The van der Waals surface area contributed by atoms with Crippen molar-refractivity contribution in [3.63, 3.8) is 0 Å². The summed E-state index contributed by atoms with van der Waals surface area (Å²) < 4.78 is 32.7. The molecule has 132 valence electrons. The smallest absolute Gasteiger partial charge is 0.285 e. The zero-order valence-corrected chi connectivity index (χ0v) is 13.7. The molecule has 3 rings (SSSR count). The number of hydrogen-bond donors (Lipinski definition) is 1. The highest BCUT2D eigenvalue weighted by molar-refractivity contribution is 5.93. The van der Waals surface area contributed by atoms with Crippen LogP contribution >= 0.6 is 0 Å². The molecule has 5 nitrogen and oxygen atoms in total. The Morgan fingerprint density at radius 1 is 1.08 bits per heavy atom. The van der Waals surface area contributed by atoms with Crippen LogP contribution in [-0.4, -0.2) is 18.0 Å². The van der Waals surface area contributed by atoms with Crippen molar-refractivity contribution in [2.75, 3.05) is 7.11 Å². The Kier molecular flexibility index (Phi) is 5.07. The first-order valence-corrected chi connectivity index (χ1v) is 7.60. The number of hydrogen-bond acceptors (Lipinski definition) is 4. The van der Waals surface area contributed by atoms with E-state index < -0.39 is 17.5 Å². The number of carbonyl (C=O) groups excluding carboxylic acids is 1. The van der Waals surface area contributed by atoms with Gasteiger partial charge >= 0.3 is 0 Å². The summed E-state index contributed by atoms with van der Waals surface area (Å²) >= 11 is 0. The van der Waals surface area contributed by atoms with Crippen molar-refractivity contribution in [2.24, 2.45) is 0 Å². The first-order chi connectivity index (χ1) is 12.6. The van der Waals surface area contributed by atoms with Crippen molar-refractivity contribution < 1.29 is 23.1 Å². The fourth-order valence-electron chi connectivity index (χ4n) is 2.38. The number of halogens is 2. The number of benzene rings is 2. The highest BCUT2D eigenvalue weighted by Gasteiger charge is 2.18. The minimum absolute atomic E-state index is 0.0782. The number of methoxy groups -OCH3 is 1. The lowest BCUT2D eigenvalue weighted by atomic mass is 10.0. The molecule has 1 heterocycles. The van der Waals surface area contributed by atoms with Crippen LogP contribution in [0.1, 0.15) is 10.4 Å². The van der Waals surface area contributed by atoms with E-state index in [0.29, 0.717) is 11.3 Å². The number of carbonyl (C=O) groups is 1. The van der Waals surface area contributed by atoms with E-state index >= 15 is 0 Å². The van der Waals surface area contributed by atoms with Crippen LogP contribution in [0.25, 0.3) is 11.1 Å². The molecule has 0 unspecified atom stereocenters. The maximum absolute atomic E-state index is 14.2. The van der Waals surface area contributed by atoms with Crippen molar-refractivity contribution in [2.45, 2.75) is 0 Å². The molecule has 0 atom stereocenters. The molecule has 26 heavy (non-hydrogen) atoms. The van der Waals surface area contributed by atoms with Gasteiger partial charge in [0.2, 0.25) is 0 Å². The molecular weight excluding hydrogens is 342 g/mol. The number of amides is 1. The molecule has 0 aliphatic heterocycles. The Hall–Kier alpha value is -3.48. The molecular formula is C19H14F2N2O3. The molecule has 1 amide bonds. The fourth-order valence-corrected chi connectivity index (χ4v) is 2.38. The Morgan fingerprint density at radius 2 is 1.88 bits per heavy atom. The van der Waals surface area contributed by atoms with Gasteiger partial charge in [0.1, 0.15) is 17.4 Å². The number of ether oxygens (including phenoxy) is 1. The van der Waals surface area contributed by atoms with Gasteiger partial charge in [0.25, 0.3) is 5.91 Å². The molecule has 0 aliphatic carbocycles. The molecule has 0 bridgehead atoms. The van der Waals surface area contributed by atoms with Gasteiger partial charge < -0.3 is 9.57 Å². The van der Waals surface area contributed by atoms with Gasteiger partial charge in [0.05, 0.1) is 18.2 Å². The van der Waals surface area contributed by atoms with Gasteiger partial charge in [0, 0.05) is 24.0 Å². The van der Waals surface area contributed by atoms with Crippen LogP contribution in [0, 0.1) is 11.6 Å². The standard InChI is InChI=1S/C19H14F2N2O3/c1-25-16-5-2-6-17(18(16)14-8-7-13(20)10-15(14)21)26-23-19(24)12-4-3-9-22-11-12/h2-11H,1H3,(H,23,24). The SMILES string of the molecule is COc1cccc(ONC(=O)c2cccnc2)c1-c1ccc(F)cc1F. The largest absolute Gasteiger partial charge is 0.496 e. The molecule has 3 aromatic rings. The molecule has 0 saturated carbocycles. The molecule has 1 aromatic heterocycles. The number of aromatic nitrogens is 1. The van der Waals surface area contributed by atoms with Crippen molar-refractivity contribution in [3.8, 4) is 22.6 Å². The van der Waals surface area contributed by atoms with Crippen molar-refractivity contribution >= 4 is 5.91 Å². The number of nitrogens with one attached hydrogen (secondary N) is 1. The summed E-state index contributed by atoms with van der Waals surface area (Å²) in [5.41, 5.74) is 2.90. The first kappa shape index (κ1) is 17.3. The number of rotatable bonds is 5. The summed E-state index contributed by atoms with van der Waals surface area (Å²) in [6, 6.07) is 11.1. The first-order valence-electron chi connectivity index (χ1n) is 7.60. The summed E-state index contributed by atoms with van der Waals surface area (Å²) in [7, 11) is 1.41. The zero-order valence-electron chi connectivity index (χ0n) is 13.7. The van der Waals surface area contributed by atoms with Gasteiger partial charge in [-0.2, -0.15) is 5.48 Å². The van der Waals surface area contributed by atoms with E-state index in [2.05, 4.69) is 10.5 Å². The van der Waals surface area contributed by atoms with Crippen LogP contribution in [-0.2, 0) is 0 Å². The fraction of sp³-hybridized carbons (Fsp3) is 0.0526. The van der Waals surface area contributed by atoms with E-state index in [-0.39, 0.29) is 16.9 Å². The predicted molar refractivity (Wildman–Crippen MR) is 90.7 cm³/mol. The van der Waals surface area contributed by atoms with E-state index in [9.17, 15) is 13.6 Å². The Morgan fingerprint density at radius 3 is 2.58 bits per heavy atom. The van der Waals surface area contributed by atoms with Crippen molar-refractivity contribution in [1.29, 1.82) is 0 Å². The summed E-state index contributed by atoms with van der Waals surface area (Å²) in [5.74, 6) is -1.55. The predicted octanol–water partition coefficient (Wildman–Crippen LogP) is 3.76. The molecule has 0 fully saturated rings. The van der Waals surface area contributed by atoms with Gasteiger partial charge in [0.15, 0.2) is 5.75 Å². The van der Waals surface area contributed by atoms with Crippen molar-refractivity contribution in [1.82, 2.24) is 10.5 Å². The lowest BCUT2D eigenvalue weighted by Crippen LogP contribution is -2.27. The molecule has 0 saturated heterocycles. The van der Waals surface area contributed by atoms with Crippen LogP contribution in [0.5, 0.6) is 11.5 Å². The molecule has 0 aliphatic rings. The quantitative estimate of drug-likeness (QED) is 0.707. The summed E-state index contributed by atoms with van der Waals surface area (Å²) in [4.78, 5) is 21.3. The Labute approximate surface area is 148 Å². The second kappa shape index (κ2) is 7.60. The second-order valence-corrected chi connectivity index (χ2v) is 5.23. The van der Waals surface area contributed by atoms with Gasteiger partial charge in [-0.1, -0.05) is 6.07 Å². The van der Waals surface area contributed by atoms with Gasteiger partial charge in [-0.05, 0) is 36.4 Å². The average Bonchev–Trinajstić information content (AvgIpc) is 2.66. The van der Waals surface area contributed by atoms with E-state index in [1.54, 1.807) is 24.3 Å². The second-order valence-electron chi connectivity index (χ2n) is 5.23. The third-order valence-corrected chi connectivity index (χ3v) is 3.59. The lowest BCUT2D eigenvalue weighted by Gasteiger charge is -2.15. The minimum atomic E-state index is -0.780. The normalized spacial score (nSPS) is 10.3. The number of hydroxylamine groups is 1. The van der Waals surface area contributed by atoms with E-state index in [0.717, 1.165) is 12.1 Å². The third-order valence-electron chi connectivity index (χ3n) is 3.59. The molecule has 2 aromatic carbocycles. The maximum Gasteiger partial charge on any atom is 0.285 e. The van der Waals surface area contributed by atoms with Crippen LogP contribution in [0.3, 0.4) is 0 Å². The summed E-state index contributed by atoms with van der Waals surface area (Å²) in [5, 5.41) is 0. The van der Waals surface area contributed by atoms with Gasteiger partial charge in [-0.3, -0.25) is 9.78 Å². The highest BCUT2D eigenvalue weighted by atomic mass is 19.1. The van der Waals surface area contributed by atoms with Gasteiger partial charge in [-0.15, -0.1) is 0 Å². The summed E-state index contributed by atoms with van der Waals surface area (Å²) in [6.07, 6.45) is 2.92. The average molecular weight is 356 g/mol. The topological polar surface area (TPSA) is 60.5 Å². The van der Waals surface area contributed by atoms with E-state index in [1.807, 2.05) is 0 Å². The maximum atomic E-state index is 14.2. The molecule has 0 spiro atoms. The third kappa shape index (κ3) is 3.61. The van der Waals surface area contributed by atoms with Crippen molar-refractivity contribution in [3.05, 3.63) is 78.1 Å².